The van der Waals surface area contributed by atoms with Crippen molar-refractivity contribution in [3.05, 3.63) is 40.9 Å². The smallest absolute Gasteiger partial charge is 0.245 e. The lowest BCUT2D eigenvalue weighted by Gasteiger charge is -2.05. The zero-order valence-corrected chi connectivity index (χ0v) is 13.3. The third-order valence-corrected chi connectivity index (χ3v) is 3.97. The summed E-state index contributed by atoms with van der Waals surface area (Å²) in [6, 6.07) is 9.37. The molecule has 0 unspecified atom stereocenters. The van der Waals surface area contributed by atoms with E-state index in [0.29, 0.717) is 5.13 Å². The van der Waals surface area contributed by atoms with E-state index in [-0.39, 0.29) is 30.7 Å². The fourth-order valence-corrected chi connectivity index (χ4v) is 2.47. The number of nitrogens with one attached hydrogen (secondary N) is 2. The predicted molar refractivity (Wildman–Crippen MR) is 85.8 cm³/mol. The van der Waals surface area contributed by atoms with E-state index in [1.807, 2.05) is 44.2 Å². The third-order valence-electron chi connectivity index (χ3n) is 2.83. The number of aromatic nitrogens is 2. The Morgan fingerprint density at radius 2 is 1.86 bits per heavy atom. The number of rotatable bonds is 6. The number of carbonyl (C=O) groups is 2. The third kappa shape index (κ3) is 4.92. The topological polar surface area (TPSA) is 84.0 Å². The van der Waals surface area contributed by atoms with Gasteiger partial charge in [0.1, 0.15) is 5.01 Å². The van der Waals surface area contributed by atoms with E-state index in [2.05, 4.69) is 20.8 Å². The van der Waals surface area contributed by atoms with Crippen molar-refractivity contribution in [2.24, 2.45) is 0 Å². The van der Waals surface area contributed by atoms with Gasteiger partial charge in [-0.05, 0) is 5.56 Å². The minimum absolute atomic E-state index is 0.0811. The van der Waals surface area contributed by atoms with E-state index in [0.717, 1.165) is 10.6 Å². The summed E-state index contributed by atoms with van der Waals surface area (Å²) >= 11 is 1.34. The Hall–Kier alpha value is -2.28. The Balaban J connectivity index is 1.76. The molecule has 0 fully saturated rings. The summed E-state index contributed by atoms with van der Waals surface area (Å²) < 4.78 is 0. The molecule has 1 aromatic carbocycles. The van der Waals surface area contributed by atoms with Crippen molar-refractivity contribution >= 4 is 28.3 Å². The van der Waals surface area contributed by atoms with Gasteiger partial charge in [-0.3, -0.25) is 14.9 Å². The van der Waals surface area contributed by atoms with Gasteiger partial charge in [0, 0.05) is 5.92 Å². The van der Waals surface area contributed by atoms with Crippen LogP contribution in [0.15, 0.2) is 30.3 Å². The van der Waals surface area contributed by atoms with E-state index in [4.69, 9.17) is 0 Å². The molecular formula is C15H18N4O2S. The Kier molecular flexibility index (Phi) is 5.60. The Bertz CT molecular complexity index is 640. The van der Waals surface area contributed by atoms with Crippen LogP contribution in [-0.2, 0) is 16.0 Å². The number of hydrogen-bond donors (Lipinski definition) is 2. The second-order valence-corrected chi connectivity index (χ2v) is 6.10. The van der Waals surface area contributed by atoms with E-state index < -0.39 is 0 Å². The van der Waals surface area contributed by atoms with Crippen LogP contribution in [0, 0.1) is 0 Å². The van der Waals surface area contributed by atoms with Gasteiger partial charge < -0.3 is 5.32 Å². The average Bonchev–Trinajstić information content (AvgIpc) is 2.95. The zero-order valence-electron chi connectivity index (χ0n) is 12.5. The van der Waals surface area contributed by atoms with Crippen LogP contribution in [0.5, 0.6) is 0 Å². The van der Waals surface area contributed by atoms with Gasteiger partial charge in [0.2, 0.25) is 16.9 Å². The summed E-state index contributed by atoms with van der Waals surface area (Å²) in [5, 5.41) is 14.4. The normalized spacial score (nSPS) is 10.5. The number of benzene rings is 1. The first kappa shape index (κ1) is 16.1. The van der Waals surface area contributed by atoms with Gasteiger partial charge in [-0.1, -0.05) is 55.5 Å². The molecule has 2 aromatic rings. The van der Waals surface area contributed by atoms with Crippen molar-refractivity contribution in [3.63, 3.8) is 0 Å². The molecule has 2 amide bonds. The standard InChI is InChI=1S/C15H18N4O2S/c1-10(2)14-18-19-15(22-14)17-13(21)9-16-12(20)8-11-6-4-3-5-7-11/h3-7,10H,8-9H2,1-2H3,(H,16,20)(H,17,19,21). The second kappa shape index (κ2) is 7.65. The fourth-order valence-electron chi connectivity index (χ4n) is 1.70. The molecule has 0 bridgehead atoms. The molecule has 1 aromatic heterocycles. The molecule has 0 saturated heterocycles. The van der Waals surface area contributed by atoms with Gasteiger partial charge in [0.15, 0.2) is 0 Å². The van der Waals surface area contributed by atoms with E-state index in [9.17, 15) is 9.59 Å². The molecule has 7 heteroatoms. The minimum atomic E-state index is -0.312. The molecule has 0 radical (unpaired) electrons. The van der Waals surface area contributed by atoms with Gasteiger partial charge in [-0.15, -0.1) is 10.2 Å². The summed E-state index contributed by atoms with van der Waals surface area (Å²) in [6.07, 6.45) is 0.254. The van der Waals surface area contributed by atoms with Crippen molar-refractivity contribution in [2.75, 3.05) is 11.9 Å². The van der Waals surface area contributed by atoms with Crippen LogP contribution in [0.3, 0.4) is 0 Å². The highest BCUT2D eigenvalue weighted by Gasteiger charge is 2.11. The molecule has 0 saturated carbocycles. The number of hydrogen-bond acceptors (Lipinski definition) is 5. The highest BCUT2D eigenvalue weighted by molar-refractivity contribution is 7.15. The van der Waals surface area contributed by atoms with Crippen molar-refractivity contribution in [1.82, 2.24) is 15.5 Å². The molecule has 0 aliphatic heterocycles. The van der Waals surface area contributed by atoms with Crippen LogP contribution >= 0.6 is 11.3 Å². The highest BCUT2D eigenvalue weighted by atomic mass is 32.1. The average molecular weight is 318 g/mol. The number of carbonyl (C=O) groups excluding carboxylic acids is 2. The van der Waals surface area contributed by atoms with Crippen molar-refractivity contribution < 1.29 is 9.59 Å². The lowest BCUT2D eigenvalue weighted by atomic mass is 10.1. The summed E-state index contributed by atoms with van der Waals surface area (Å²) in [6.45, 7) is 3.94. The maximum atomic E-state index is 11.8. The number of amides is 2. The second-order valence-electron chi connectivity index (χ2n) is 5.09. The van der Waals surface area contributed by atoms with E-state index in [1.54, 1.807) is 0 Å². The van der Waals surface area contributed by atoms with Crippen molar-refractivity contribution in [1.29, 1.82) is 0 Å². The molecular weight excluding hydrogens is 300 g/mol. The molecule has 0 atom stereocenters. The molecule has 0 aliphatic carbocycles. The van der Waals surface area contributed by atoms with Gasteiger partial charge >= 0.3 is 0 Å². The lowest BCUT2D eigenvalue weighted by molar-refractivity contribution is -0.123. The molecule has 22 heavy (non-hydrogen) atoms. The van der Waals surface area contributed by atoms with Gasteiger partial charge in [-0.2, -0.15) is 0 Å². The first-order valence-electron chi connectivity index (χ1n) is 6.98. The quantitative estimate of drug-likeness (QED) is 0.853. The fraction of sp³-hybridized carbons (Fsp3) is 0.333. The Labute approximate surface area is 133 Å². The Morgan fingerprint density at radius 3 is 2.50 bits per heavy atom. The summed E-state index contributed by atoms with van der Waals surface area (Å²) in [5.41, 5.74) is 0.908. The summed E-state index contributed by atoms with van der Waals surface area (Å²) in [5.74, 6) is -0.233. The van der Waals surface area contributed by atoms with Crippen molar-refractivity contribution in [3.8, 4) is 0 Å². The first-order chi connectivity index (χ1) is 10.5. The molecule has 116 valence electrons. The molecule has 1 heterocycles. The minimum Gasteiger partial charge on any atom is -0.347 e. The molecule has 0 aliphatic rings. The monoisotopic (exact) mass is 318 g/mol. The summed E-state index contributed by atoms with van der Waals surface area (Å²) in [7, 11) is 0. The van der Waals surface area contributed by atoms with Crippen LogP contribution in [0.1, 0.15) is 30.3 Å². The van der Waals surface area contributed by atoms with Crippen molar-refractivity contribution in [2.45, 2.75) is 26.2 Å². The SMILES string of the molecule is CC(C)c1nnc(NC(=O)CNC(=O)Cc2ccccc2)s1. The molecule has 6 nitrogen and oxygen atoms in total. The lowest BCUT2D eigenvalue weighted by Crippen LogP contribution is -2.33. The van der Waals surface area contributed by atoms with Crippen LogP contribution in [0.2, 0.25) is 0 Å². The van der Waals surface area contributed by atoms with Crippen LogP contribution in [-0.4, -0.2) is 28.6 Å². The molecule has 2 N–H and O–H groups in total. The first-order valence-corrected chi connectivity index (χ1v) is 7.80. The van der Waals surface area contributed by atoms with Gasteiger partial charge in [0.25, 0.3) is 0 Å². The van der Waals surface area contributed by atoms with Crippen LogP contribution in [0.4, 0.5) is 5.13 Å². The molecule has 2 rings (SSSR count). The van der Waals surface area contributed by atoms with Gasteiger partial charge in [-0.25, -0.2) is 0 Å². The maximum Gasteiger partial charge on any atom is 0.245 e. The van der Waals surface area contributed by atoms with E-state index in [1.165, 1.54) is 11.3 Å². The number of anilines is 1. The summed E-state index contributed by atoms with van der Waals surface area (Å²) in [4.78, 5) is 23.5. The Morgan fingerprint density at radius 1 is 1.14 bits per heavy atom. The number of nitrogens with zero attached hydrogens (tertiary/aromatic N) is 2. The molecule has 0 spiro atoms. The van der Waals surface area contributed by atoms with E-state index >= 15 is 0 Å². The predicted octanol–water partition coefficient (Wildman–Crippen LogP) is 1.96. The highest BCUT2D eigenvalue weighted by Crippen LogP contribution is 2.22. The van der Waals surface area contributed by atoms with Crippen LogP contribution in [0.25, 0.3) is 0 Å². The van der Waals surface area contributed by atoms with Crippen LogP contribution < -0.4 is 10.6 Å². The largest absolute Gasteiger partial charge is 0.347 e. The van der Waals surface area contributed by atoms with Gasteiger partial charge in [0.05, 0.1) is 13.0 Å². The maximum absolute atomic E-state index is 11.8. The zero-order chi connectivity index (χ0) is 15.9.